The van der Waals surface area contributed by atoms with Gasteiger partial charge in [-0.1, -0.05) is 36.0 Å². The van der Waals surface area contributed by atoms with E-state index in [4.69, 9.17) is 4.74 Å². The van der Waals surface area contributed by atoms with Gasteiger partial charge in [-0.2, -0.15) is 0 Å². The maximum atomic E-state index is 13.3. The van der Waals surface area contributed by atoms with Crippen molar-refractivity contribution in [2.75, 3.05) is 12.4 Å². The fourth-order valence-electron chi connectivity index (χ4n) is 2.85. The summed E-state index contributed by atoms with van der Waals surface area (Å²) in [7, 11) is 0. The molecule has 0 radical (unpaired) electrons. The van der Waals surface area contributed by atoms with Crippen LogP contribution in [0.3, 0.4) is 0 Å². The first-order valence-corrected chi connectivity index (χ1v) is 10.1. The molecule has 0 saturated carbocycles. The van der Waals surface area contributed by atoms with E-state index in [0.717, 1.165) is 22.9 Å². The summed E-state index contributed by atoms with van der Waals surface area (Å²) in [6.07, 6.45) is -0.795. The average molecular weight is 411 g/mol. The smallest absolute Gasteiger partial charge is 0.413 e. The number of alkyl carbamates (subject to hydrolysis) is 1. The molecule has 0 aliphatic carbocycles. The van der Waals surface area contributed by atoms with E-state index < -0.39 is 12.0 Å². The summed E-state index contributed by atoms with van der Waals surface area (Å²) in [6, 6.07) is 12.8. The van der Waals surface area contributed by atoms with Crippen LogP contribution in [0.4, 0.5) is 4.79 Å². The Morgan fingerprint density at radius 2 is 1.90 bits per heavy atom. The van der Waals surface area contributed by atoms with Crippen LogP contribution in [-0.4, -0.2) is 33.9 Å². The molecule has 3 rings (SSSR count). The summed E-state index contributed by atoms with van der Waals surface area (Å²) >= 11 is 1.09. The maximum absolute atomic E-state index is 13.3. The third-order valence-electron chi connectivity index (χ3n) is 4.41. The number of nitrogens with zero attached hydrogens (tertiary/aromatic N) is 2. The number of nitrogens with one attached hydrogen (secondary N) is 1. The number of rotatable bonds is 5. The van der Waals surface area contributed by atoms with Gasteiger partial charge in [0.15, 0.2) is 5.16 Å². The lowest BCUT2D eigenvalue weighted by Gasteiger charge is -2.16. The number of hydrogen-bond acceptors (Lipinski definition) is 6. The van der Waals surface area contributed by atoms with Gasteiger partial charge >= 0.3 is 6.09 Å². The lowest BCUT2D eigenvalue weighted by atomic mass is 10.1. The number of thioether (sulfide) groups is 1. The van der Waals surface area contributed by atoms with Crippen molar-refractivity contribution in [2.24, 2.45) is 0 Å². The second kappa shape index (κ2) is 8.91. The van der Waals surface area contributed by atoms with Crippen molar-refractivity contribution >= 4 is 34.7 Å². The first kappa shape index (κ1) is 20.6. The number of amides is 2. The van der Waals surface area contributed by atoms with E-state index in [9.17, 15) is 14.4 Å². The number of para-hydroxylation sites is 1. The normalized spacial score (nSPS) is 10.7. The van der Waals surface area contributed by atoms with Crippen LogP contribution >= 0.6 is 11.8 Å². The Balaban J connectivity index is 2.04. The van der Waals surface area contributed by atoms with Gasteiger partial charge in [0.25, 0.3) is 5.56 Å². The molecule has 29 heavy (non-hydrogen) atoms. The van der Waals surface area contributed by atoms with Crippen molar-refractivity contribution in [2.45, 2.75) is 25.9 Å². The molecule has 7 nitrogen and oxygen atoms in total. The average Bonchev–Trinajstić information content (AvgIpc) is 2.69. The minimum Gasteiger partial charge on any atom is -0.450 e. The standard InChI is InChI=1S/C21H21N3O4S/c1-4-28-21(27)23-18(25)12-29-20-22-16-10-6-5-9-15(16)19(26)24(20)17-11-7-8-13(2)14(17)3/h5-11H,4,12H2,1-3H3,(H,23,25,27). The van der Waals surface area contributed by atoms with Crippen LogP contribution in [0.5, 0.6) is 0 Å². The molecule has 0 atom stereocenters. The van der Waals surface area contributed by atoms with E-state index >= 15 is 0 Å². The summed E-state index contributed by atoms with van der Waals surface area (Å²) in [6.45, 7) is 5.73. The molecule has 3 aromatic rings. The number of carbonyl (C=O) groups excluding carboxylic acids is 2. The quantitative estimate of drug-likeness (QED) is 0.511. The van der Waals surface area contributed by atoms with Crippen molar-refractivity contribution < 1.29 is 14.3 Å². The van der Waals surface area contributed by atoms with E-state index in [1.165, 1.54) is 4.57 Å². The molecule has 0 saturated heterocycles. The Bertz CT molecular complexity index is 1140. The minimum atomic E-state index is -0.795. The Hall–Kier alpha value is -3.13. The van der Waals surface area contributed by atoms with E-state index in [1.54, 1.807) is 31.2 Å². The SMILES string of the molecule is CCOC(=O)NC(=O)CSc1nc2ccccc2c(=O)n1-c1cccc(C)c1C. The largest absolute Gasteiger partial charge is 0.450 e. The number of imide groups is 1. The molecule has 0 fully saturated rings. The molecule has 1 heterocycles. The second-order valence-electron chi connectivity index (χ2n) is 6.33. The predicted molar refractivity (Wildman–Crippen MR) is 113 cm³/mol. The summed E-state index contributed by atoms with van der Waals surface area (Å²) in [5.41, 5.74) is 3.04. The highest BCUT2D eigenvalue weighted by molar-refractivity contribution is 7.99. The maximum Gasteiger partial charge on any atom is 0.413 e. The lowest BCUT2D eigenvalue weighted by Crippen LogP contribution is -2.32. The van der Waals surface area contributed by atoms with Crippen LogP contribution in [0.2, 0.25) is 0 Å². The number of benzene rings is 2. The van der Waals surface area contributed by atoms with Gasteiger partial charge in [-0.3, -0.25) is 19.5 Å². The zero-order valence-corrected chi connectivity index (χ0v) is 17.2. The van der Waals surface area contributed by atoms with Gasteiger partial charge in [0.05, 0.1) is 29.0 Å². The van der Waals surface area contributed by atoms with Crippen molar-refractivity contribution in [3.63, 3.8) is 0 Å². The topological polar surface area (TPSA) is 90.3 Å². The van der Waals surface area contributed by atoms with Crippen LogP contribution in [0.1, 0.15) is 18.1 Å². The van der Waals surface area contributed by atoms with Crippen molar-refractivity contribution in [1.82, 2.24) is 14.9 Å². The van der Waals surface area contributed by atoms with Gasteiger partial charge in [0.2, 0.25) is 5.91 Å². The van der Waals surface area contributed by atoms with Gasteiger partial charge in [-0.15, -0.1) is 0 Å². The van der Waals surface area contributed by atoms with Crippen LogP contribution in [-0.2, 0) is 9.53 Å². The number of aryl methyl sites for hydroxylation is 1. The molecule has 2 aromatic carbocycles. The third kappa shape index (κ3) is 4.48. The molecule has 1 N–H and O–H groups in total. The van der Waals surface area contributed by atoms with E-state index in [2.05, 4.69) is 10.3 Å². The Morgan fingerprint density at radius 1 is 1.14 bits per heavy atom. The van der Waals surface area contributed by atoms with E-state index in [-0.39, 0.29) is 17.9 Å². The Morgan fingerprint density at radius 3 is 2.66 bits per heavy atom. The number of fused-ring (bicyclic) bond motifs is 1. The van der Waals surface area contributed by atoms with Crippen LogP contribution in [0.25, 0.3) is 16.6 Å². The predicted octanol–water partition coefficient (Wildman–Crippen LogP) is 3.37. The number of hydrogen-bond donors (Lipinski definition) is 1. The van der Waals surface area contributed by atoms with E-state index in [1.807, 2.05) is 32.0 Å². The summed E-state index contributed by atoms with van der Waals surface area (Å²) in [5.74, 6) is -0.613. The number of ether oxygens (including phenoxy) is 1. The Kier molecular flexibility index (Phi) is 6.33. The van der Waals surface area contributed by atoms with E-state index in [0.29, 0.717) is 21.7 Å². The first-order valence-electron chi connectivity index (χ1n) is 9.10. The molecule has 8 heteroatoms. The fraction of sp³-hybridized carbons (Fsp3) is 0.238. The highest BCUT2D eigenvalue weighted by Gasteiger charge is 2.17. The van der Waals surface area contributed by atoms with Crippen molar-refractivity contribution in [3.05, 3.63) is 63.9 Å². The van der Waals surface area contributed by atoms with Gasteiger partial charge in [0, 0.05) is 0 Å². The summed E-state index contributed by atoms with van der Waals surface area (Å²) in [5, 5.41) is 3.02. The number of aromatic nitrogens is 2. The highest BCUT2D eigenvalue weighted by atomic mass is 32.2. The fourth-order valence-corrected chi connectivity index (χ4v) is 3.65. The molecular weight excluding hydrogens is 390 g/mol. The van der Waals surface area contributed by atoms with Gasteiger partial charge in [-0.25, -0.2) is 9.78 Å². The van der Waals surface area contributed by atoms with Crippen LogP contribution < -0.4 is 10.9 Å². The molecule has 0 aliphatic heterocycles. The molecule has 0 unspecified atom stereocenters. The van der Waals surface area contributed by atoms with Crippen LogP contribution in [0, 0.1) is 13.8 Å². The van der Waals surface area contributed by atoms with Crippen molar-refractivity contribution in [1.29, 1.82) is 0 Å². The van der Waals surface area contributed by atoms with Crippen LogP contribution in [0.15, 0.2) is 52.4 Å². The minimum absolute atomic E-state index is 0.0888. The zero-order chi connectivity index (χ0) is 21.0. The third-order valence-corrected chi connectivity index (χ3v) is 5.35. The first-order chi connectivity index (χ1) is 13.9. The van der Waals surface area contributed by atoms with Gasteiger partial charge < -0.3 is 4.74 Å². The molecular formula is C21H21N3O4S. The lowest BCUT2D eigenvalue weighted by molar-refractivity contribution is -0.117. The molecule has 0 aliphatic rings. The van der Waals surface area contributed by atoms with Crippen molar-refractivity contribution in [3.8, 4) is 5.69 Å². The second-order valence-corrected chi connectivity index (χ2v) is 7.27. The molecule has 150 valence electrons. The molecule has 2 amide bonds. The molecule has 0 bridgehead atoms. The number of carbonyl (C=O) groups is 2. The highest BCUT2D eigenvalue weighted by Crippen LogP contribution is 2.24. The molecule has 0 spiro atoms. The van der Waals surface area contributed by atoms with Gasteiger partial charge in [-0.05, 0) is 50.1 Å². The van der Waals surface area contributed by atoms with Gasteiger partial charge in [0.1, 0.15) is 0 Å². The molecule has 1 aromatic heterocycles. The summed E-state index contributed by atoms with van der Waals surface area (Å²) < 4.78 is 6.23. The Labute approximate surface area is 172 Å². The zero-order valence-electron chi connectivity index (χ0n) is 16.4. The monoisotopic (exact) mass is 411 g/mol. The summed E-state index contributed by atoms with van der Waals surface area (Å²) in [4.78, 5) is 41.4.